The lowest BCUT2D eigenvalue weighted by Crippen LogP contribution is -2.36. The average molecular weight is 530 g/mol. The van der Waals surface area contributed by atoms with Gasteiger partial charge in [0.2, 0.25) is 0 Å². The Morgan fingerprint density at radius 3 is 2.51 bits per heavy atom. The third-order valence-electron chi connectivity index (χ3n) is 5.90. The first kappa shape index (κ1) is 27.8. The van der Waals surface area contributed by atoms with Crippen molar-refractivity contribution in [2.24, 2.45) is 0 Å². The molecular formula is C30H35N5O4. The van der Waals surface area contributed by atoms with Crippen LogP contribution in [0.4, 0.5) is 4.79 Å². The third-order valence-corrected chi connectivity index (χ3v) is 5.90. The minimum atomic E-state index is -0.601. The second-order valence-corrected chi connectivity index (χ2v) is 10.1. The number of ether oxygens (including phenoxy) is 2. The second-order valence-electron chi connectivity index (χ2n) is 10.1. The van der Waals surface area contributed by atoms with Crippen LogP contribution in [0.25, 0.3) is 16.6 Å². The molecule has 0 bridgehead atoms. The van der Waals surface area contributed by atoms with Crippen molar-refractivity contribution in [3.05, 3.63) is 94.8 Å². The van der Waals surface area contributed by atoms with Crippen LogP contribution in [0, 0.1) is 0 Å². The summed E-state index contributed by atoms with van der Waals surface area (Å²) in [5, 5.41) is 6.88. The summed E-state index contributed by atoms with van der Waals surface area (Å²) in [6.07, 6.45) is 3.47. The topological polar surface area (TPSA) is 107 Å². The van der Waals surface area contributed by atoms with Crippen molar-refractivity contribution in [2.75, 3.05) is 13.2 Å². The Labute approximate surface area is 228 Å². The Morgan fingerprint density at radius 1 is 1.05 bits per heavy atom. The molecule has 0 aliphatic heterocycles. The lowest BCUT2D eigenvalue weighted by atomic mass is 10.1. The van der Waals surface area contributed by atoms with E-state index in [9.17, 15) is 9.59 Å². The van der Waals surface area contributed by atoms with Crippen molar-refractivity contribution in [1.82, 2.24) is 25.2 Å². The van der Waals surface area contributed by atoms with Crippen LogP contribution < -0.4 is 20.9 Å². The number of hydrogen-bond donors (Lipinski definition) is 2. The highest BCUT2D eigenvalue weighted by atomic mass is 16.6. The van der Waals surface area contributed by atoms with Crippen LogP contribution in [0.3, 0.4) is 0 Å². The molecule has 39 heavy (non-hydrogen) atoms. The molecule has 2 aromatic carbocycles. The Hall–Kier alpha value is -4.24. The predicted molar refractivity (Wildman–Crippen MR) is 151 cm³/mol. The van der Waals surface area contributed by atoms with Crippen LogP contribution in [-0.4, -0.2) is 39.4 Å². The van der Waals surface area contributed by atoms with E-state index in [1.165, 1.54) is 0 Å². The summed E-state index contributed by atoms with van der Waals surface area (Å²) in [7, 11) is 0. The van der Waals surface area contributed by atoms with Gasteiger partial charge in [0.15, 0.2) is 0 Å². The van der Waals surface area contributed by atoms with E-state index >= 15 is 0 Å². The van der Waals surface area contributed by atoms with Crippen LogP contribution in [-0.2, 0) is 11.3 Å². The van der Waals surface area contributed by atoms with Crippen molar-refractivity contribution in [1.29, 1.82) is 0 Å². The molecule has 0 saturated carbocycles. The molecule has 9 nitrogen and oxygen atoms in total. The SMILES string of the molecule is CCOc1ccc(-n2c([C@@H](CCNC(=O)OC(C)(C)C)NCc3cccnc3)nc3ccccc3c2=O)cc1. The first-order valence-corrected chi connectivity index (χ1v) is 13.1. The lowest BCUT2D eigenvalue weighted by molar-refractivity contribution is 0.0525. The summed E-state index contributed by atoms with van der Waals surface area (Å²) in [5.74, 6) is 1.26. The fourth-order valence-electron chi connectivity index (χ4n) is 4.19. The molecule has 0 aliphatic carbocycles. The summed E-state index contributed by atoms with van der Waals surface area (Å²) < 4.78 is 12.6. The van der Waals surface area contributed by atoms with E-state index in [0.29, 0.717) is 48.5 Å². The number of hydrogen-bond acceptors (Lipinski definition) is 7. The van der Waals surface area contributed by atoms with Crippen molar-refractivity contribution in [3.63, 3.8) is 0 Å². The lowest BCUT2D eigenvalue weighted by Gasteiger charge is -2.24. The van der Waals surface area contributed by atoms with Gasteiger partial charge in [-0.3, -0.25) is 14.3 Å². The van der Waals surface area contributed by atoms with Gasteiger partial charge in [0, 0.05) is 25.5 Å². The summed E-state index contributed by atoms with van der Waals surface area (Å²) in [6.45, 7) is 8.74. The molecule has 4 aromatic rings. The number of nitrogens with one attached hydrogen (secondary N) is 2. The number of nitrogens with zero attached hydrogens (tertiary/aromatic N) is 3. The first-order chi connectivity index (χ1) is 18.7. The average Bonchev–Trinajstić information content (AvgIpc) is 2.91. The van der Waals surface area contributed by atoms with E-state index in [0.717, 1.165) is 11.3 Å². The van der Waals surface area contributed by atoms with Gasteiger partial charge in [0.05, 0.1) is 29.2 Å². The van der Waals surface area contributed by atoms with Crippen molar-refractivity contribution in [2.45, 2.75) is 52.3 Å². The summed E-state index contributed by atoms with van der Waals surface area (Å²) in [5.41, 5.74) is 1.49. The fourth-order valence-corrected chi connectivity index (χ4v) is 4.19. The zero-order valence-corrected chi connectivity index (χ0v) is 22.8. The maximum atomic E-state index is 13.8. The van der Waals surface area contributed by atoms with Crippen LogP contribution >= 0.6 is 0 Å². The predicted octanol–water partition coefficient (Wildman–Crippen LogP) is 4.93. The van der Waals surface area contributed by atoms with E-state index in [-0.39, 0.29) is 11.6 Å². The van der Waals surface area contributed by atoms with Gasteiger partial charge in [-0.15, -0.1) is 0 Å². The van der Waals surface area contributed by atoms with Gasteiger partial charge in [-0.05, 0) is 82.1 Å². The van der Waals surface area contributed by atoms with Gasteiger partial charge in [-0.2, -0.15) is 0 Å². The molecule has 0 spiro atoms. The van der Waals surface area contributed by atoms with E-state index in [2.05, 4.69) is 15.6 Å². The zero-order chi connectivity index (χ0) is 27.8. The molecule has 0 unspecified atom stereocenters. The van der Waals surface area contributed by atoms with Gasteiger partial charge in [-0.25, -0.2) is 9.78 Å². The van der Waals surface area contributed by atoms with E-state index < -0.39 is 11.7 Å². The molecule has 0 radical (unpaired) electrons. The normalized spacial score (nSPS) is 12.2. The monoisotopic (exact) mass is 529 g/mol. The zero-order valence-electron chi connectivity index (χ0n) is 22.8. The highest BCUT2D eigenvalue weighted by molar-refractivity contribution is 5.78. The molecule has 1 atom stereocenters. The van der Waals surface area contributed by atoms with E-state index in [4.69, 9.17) is 14.5 Å². The van der Waals surface area contributed by atoms with Crippen molar-refractivity contribution >= 4 is 17.0 Å². The van der Waals surface area contributed by atoms with Crippen molar-refractivity contribution < 1.29 is 14.3 Å². The number of carbonyl (C=O) groups is 1. The number of pyridine rings is 1. The van der Waals surface area contributed by atoms with Gasteiger partial charge < -0.3 is 20.1 Å². The molecular weight excluding hydrogens is 494 g/mol. The second kappa shape index (κ2) is 12.5. The number of benzene rings is 2. The summed E-state index contributed by atoms with van der Waals surface area (Å²) in [6, 6.07) is 18.2. The molecule has 0 fully saturated rings. The number of fused-ring (bicyclic) bond motifs is 1. The van der Waals surface area contributed by atoms with Gasteiger partial charge in [-0.1, -0.05) is 18.2 Å². The van der Waals surface area contributed by atoms with Gasteiger partial charge >= 0.3 is 6.09 Å². The molecule has 2 N–H and O–H groups in total. The molecule has 4 rings (SSSR count). The molecule has 1 amide bonds. The van der Waals surface area contributed by atoms with Crippen LogP contribution in [0.1, 0.15) is 51.5 Å². The quantitative estimate of drug-likeness (QED) is 0.300. The minimum absolute atomic E-state index is 0.173. The summed E-state index contributed by atoms with van der Waals surface area (Å²) in [4.78, 5) is 35.3. The smallest absolute Gasteiger partial charge is 0.407 e. The van der Waals surface area contributed by atoms with Crippen LogP contribution in [0.5, 0.6) is 5.75 Å². The Morgan fingerprint density at radius 2 is 1.82 bits per heavy atom. The summed E-state index contributed by atoms with van der Waals surface area (Å²) >= 11 is 0. The van der Waals surface area contributed by atoms with Crippen LogP contribution in [0.15, 0.2) is 77.9 Å². The highest BCUT2D eigenvalue weighted by Crippen LogP contribution is 2.23. The first-order valence-electron chi connectivity index (χ1n) is 13.1. The number of amides is 1. The molecule has 9 heteroatoms. The molecule has 2 heterocycles. The largest absolute Gasteiger partial charge is 0.494 e. The fraction of sp³-hybridized carbons (Fsp3) is 0.333. The van der Waals surface area contributed by atoms with E-state index in [1.54, 1.807) is 23.0 Å². The van der Waals surface area contributed by atoms with Crippen LogP contribution in [0.2, 0.25) is 0 Å². The molecule has 0 saturated heterocycles. The number of rotatable bonds is 10. The van der Waals surface area contributed by atoms with Crippen molar-refractivity contribution in [3.8, 4) is 11.4 Å². The Bertz CT molecular complexity index is 1450. The molecule has 204 valence electrons. The maximum absolute atomic E-state index is 13.8. The van der Waals surface area contributed by atoms with Gasteiger partial charge in [0.1, 0.15) is 17.2 Å². The number of aromatic nitrogens is 3. The Balaban J connectivity index is 1.73. The number of alkyl carbamates (subject to hydrolysis) is 1. The standard InChI is InChI=1S/C30H35N5O4/c1-5-38-23-14-12-22(13-15-23)35-27(34-25-11-7-6-10-24(25)28(35)36)26(33-20-21-9-8-17-31-19-21)16-18-32-29(37)39-30(2,3)4/h6-15,17,19,26,33H,5,16,18,20H2,1-4H3,(H,32,37)/t26-/m1/s1. The molecule has 2 aromatic heterocycles. The minimum Gasteiger partial charge on any atom is -0.494 e. The number of para-hydroxylation sites is 1. The van der Waals surface area contributed by atoms with Gasteiger partial charge in [0.25, 0.3) is 5.56 Å². The molecule has 0 aliphatic rings. The van der Waals surface area contributed by atoms with E-state index in [1.807, 2.05) is 82.3 Å². The Kier molecular flexibility index (Phi) is 8.93. The third kappa shape index (κ3) is 7.42. The number of carbonyl (C=O) groups excluding carboxylic acids is 1. The highest BCUT2D eigenvalue weighted by Gasteiger charge is 2.22. The maximum Gasteiger partial charge on any atom is 0.407 e.